The van der Waals surface area contributed by atoms with Crippen LogP contribution in [-0.4, -0.2) is 37.2 Å². The Bertz CT molecular complexity index is 1410. The van der Waals surface area contributed by atoms with Gasteiger partial charge >= 0.3 is 17.9 Å². The first-order chi connectivity index (χ1) is 40.5. The topological polar surface area (TPSA) is 78.9 Å². The van der Waals surface area contributed by atoms with E-state index < -0.39 is 6.10 Å². The van der Waals surface area contributed by atoms with Crippen LogP contribution in [0.15, 0.2) is 48.6 Å². The summed E-state index contributed by atoms with van der Waals surface area (Å²) < 4.78 is 16.9. The van der Waals surface area contributed by atoms with Crippen LogP contribution in [0.25, 0.3) is 0 Å². The molecule has 0 aliphatic heterocycles. The molecule has 0 bridgehead atoms. The third kappa shape index (κ3) is 68.2. The van der Waals surface area contributed by atoms with Crippen molar-refractivity contribution in [2.24, 2.45) is 0 Å². The van der Waals surface area contributed by atoms with Crippen molar-refractivity contribution in [1.82, 2.24) is 0 Å². The minimum Gasteiger partial charge on any atom is -0.462 e. The Balaban J connectivity index is 4.04. The van der Waals surface area contributed by atoms with Crippen molar-refractivity contribution in [3.05, 3.63) is 48.6 Å². The first-order valence-electron chi connectivity index (χ1n) is 36.6. The maximum Gasteiger partial charge on any atom is 0.306 e. The number of hydrogen-bond acceptors (Lipinski definition) is 6. The highest BCUT2D eigenvalue weighted by molar-refractivity contribution is 5.71. The number of ether oxygens (including phenoxy) is 3. The second kappa shape index (κ2) is 70.9. The second-order valence-electron chi connectivity index (χ2n) is 24.8. The van der Waals surface area contributed by atoms with Gasteiger partial charge in [-0.1, -0.05) is 371 Å². The summed E-state index contributed by atoms with van der Waals surface area (Å²) in [4.78, 5) is 38.3. The van der Waals surface area contributed by atoms with E-state index >= 15 is 0 Å². The highest BCUT2D eigenvalue weighted by Gasteiger charge is 2.19. The molecule has 0 spiro atoms. The molecular formula is C76H140O6. The van der Waals surface area contributed by atoms with E-state index in [0.29, 0.717) is 19.3 Å². The molecule has 0 N–H and O–H groups in total. The number of esters is 3. The average Bonchev–Trinajstić information content (AvgIpc) is 3.47. The van der Waals surface area contributed by atoms with Crippen molar-refractivity contribution >= 4 is 17.9 Å². The SMILES string of the molecule is CC/C=C\C/C=C\C/C=C\C/C=C\CCCCCCCCCCCCCCCCCCC(=O)OCC(COC(=O)CCCCCCCCCC)OC(=O)CCCCCCCCCCCCCCCCCCCCCCCCCCCCC. The van der Waals surface area contributed by atoms with Crippen molar-refractivity contribution in [2.75, 3.05) is 13.2 Å². The van der Waals surface area contributed by atoms with Crippen LogP contribution in [0.2, 0.25) is 0 Å². The van der Waals surface area contributed by atoms with E-state index in [4.69, 9.17) is 14.2 Å². The molecule has 0 amide bonds. The van der Waals surface area contributed by atoms with Crippen LogP contribution in [0.3, 0.4) is 0 Å². The van der Waals surface area contributed by atoms with E-state index in [1.807, 2.05) is 0 Å². The van der Waals surface area contributed by atoms with Gasteiger partial charge in [0.1, 0.15) is 13.2 Å². The number of carbonyl (C=O) groups is 3. The molecule has 0 heterocycles. The van der Waals surface area contributed by atoms with Gasteiger partial charge in [0.25, 0.3) is 0 Å². The number of hydrogen-bond donors (Lipinski definition) is 0. The fraction of sp³-hybridized carbons (Fsp3) is 0.855. The Morgan fingerprint density at radius 1 is 0.256 bits per heavy atom. The number of unbranched alkanes of at least 4 members (excludes halogenated alkanes) is 49. The van der Waals surface area contributed by atoms with Crippen LogP contribution < -0.4 is 0 Å². The van der Waals surface area contributed by atoms with Crippen LogP contribution in [0.1, 0.15) is 400 Å². The van der Waals surface area contributed by atoms with Gasteiger partial charge < -0.3 is 14.2 Å². The van der Waals surface area contributed by atoms with Gasteiger partial charge in [0.2, 0.25) is 0 Å². The van der Waals surface area contributed by atoms with Crippen molar-refractivity contribution < 1.29 is 28.6 Å². The number of allylic oxidation sites excluding steroid dienone is 8. The smallest absolute Gasteiger partial charge is 0.306 e. The first kappa shape index (κ1) is 79.4. The summed E-state index contributed by atoms with van der Waals surface area (Å²) in [5.41, 5.74) is 0. The molecule has 1 unspecified atom stereocenters. The van der Waals surface area contributed by atoms with Crippen LogP contribution in [0.4, 0.5) is 0 Å². The molecule has 6 nitrogen and oxygen atoms in total. The lowest BCUT2D eigenvalue weighted by Crippen LogP contribution is -2.30. The quantitative estimate of drug-likeness (QED) is 0.0261. The summed E-state index contributed by atoms with van der Waals surface area (Å²) in [5.74, 6) is -0.842. The molecule has 0 rings (SSSR count). The lowest BCUT2D eigenvalue weighted by Gasteiger charge is -2.18. The molecule has 82 heavy (non-hydrogen) atoms. The summed E-state index contributed by atoms with van der Waals surface area (Å²) in [6.07, 6.45) is 90.4. The zero-order chi connectivity index (χ0) is 59.2. The summed E-state index contributed by atoms with van der Waals surface area (Å²) in [7, 11) is 0. The molecule has 0 radical (unpaired) electrons. The van der Waals surface area contributed by atoms with Crippen molar-refractivity contribution in [1.29, 1.82) is 0 Å². The standard InChI is InChI=1S/C76H140O6/c1-4-7-10-13-16-19-21-23-25-27-29-31-33-35-37-38-40-41-43-45-47-49-51-53-55-57-60-63-66-69-75(78)81-72-73(71-80-74(77)68-65-62-59-18-15-12-9-6-3)82-76(79)70-67-64-61-58-56-54-52-50-48-46-44-42-39-36-34-32-30-28-26-24-22-20-17-14-11-8-5-2/h7,10,16,19,23,25,29,31,73H,4-6,8-9,11-15,17-18,20-22,24,26-28,30,32-72H2,1-3H3/b10-7-,19-16-,25-23-,31-29-. The number of rotatable bonds is 68. The lowest BCUT2D eigenvalue weighted by atomic mass is 10.0. The summed E-state index contributed by atoms with van der Waals surface area (Å²) >= 11 is 0. The third-order valence-corrected chi connectivity index (χ3v) is 16.6. The molecule has 0 aromatic rings. The van der Waals surface area contributed by atoms with E-state index in [1.165, 1.54) is 276 Å². The highest BCUT2D eigenvalue weighted by atomic mass is 16.6. The molecule has 0 saturated heterocycles. The van der Waals surface area contributed by atoms with Crippen molar-refractivity contribution in [3.63, 3.8) is 0 Å². The lowest BCUT2D eigenvalue weighted by molar-refractivity contribution is -0.167. The van der Waals surface area contributed by atoms with E-state index in [1.54, 1.807) is 0 Å². The van der Waals surface area contributed by atoms with E-state index in [-0.39, 0.29) is 31.1 Å². The van der Waals surface area contributed by atoms with Gasteiger partial charge in [0, 0.05) is 19.3 Å². The fourth-order valence-corrected chi connectivity index (χ4v) is 11.1. The predicted octanol–water partition coefficient (Wildman–Crippen LogP) is 25.3. The molecule has 0 aliphatic rings. The fourth-order valence-electron chi connectivity index (χ4n) is 11.1. The summed E-state index contributed by atoms with van der Waals surface area (Å²) in [6, 6.07) is 0. The molecule has 0 aromatic heterocycles. The van der Waals surface area contributed by atoms with E-state index in [2.05, 4.69) is 69.4 Å². The molecule has 0 aliphatic carbocycles. The second-order valence-corrected chi connectivity index (χ2v) is 24.8. The van der Waals surface area contributed by atoms with Gasteiger partial charge in [0.15, 0.2) is 6.10 Å². The largest absolute Gasteiger partial charge is 0.462 e. The predicted molar refractivity (Wildman–Crippen MR) is 358 cm³/mol. The maximum atomic E-state index is 12.9. The van der Waals surface area contributed by atoms with Crippen molar-refractivity contribution in [3.8, 4) is 0 Å². The zero-order valence-corrected chi connectivity index (χ0v) is 55.3. The van der Waals surface area contributed by atoms with Gasteiger partial charge in [-0.3, -0.25) is 14.4 Å². The van der Waals surface area contributed by atoms with Crippen LogP contribution in [0, 0.1) is 0 Å². The maximum absolute atomic E-state index is 12.9. The van der Waals surface area contributed by atoms with Crippen LogP contribution >= 0.6 is 0 Å². The van der Waals surface area contributed by atoms with Gasteiger partial charge in [-0.05, 0) is 57.8 Å². The molecule has 1 atom stereocenters. The van der Waals surface area contributed by atoms with Crippen LogP contribution in [0.5, 0.6) is 0 Å². The average molecular weight is 1150 g/mol. The molecule has 0 saturated carbocycles. The Morgan fingerprint density at radius 2 is 0.476 bits per heavy atom. The van der Waals surface area contributed by atoms with Crippen molar-refractivity contribution in [2.45, 2.75) is 406 Å². The minimum atomic E-state index is -0.768. The Hall–Kier alpha value is -2.63. The summed E-state index contributed by atoms with van der Waals surface area (Å²) in [5, 5.41) is 0. The molecule has 6 heteroatoms. The normalized spacial score (nSPS) is 12.3. The Kier molecular flexibility index (Phi) is 68.6. The van der Waals surface area contributed by atoms with E-state index in [0.717, 1.165) is 83.5 Å². The van der Waals surface area contributed by atoms with E-state index in [9.17, 15) is 14.4 Å². The van der Waals surface area contributed by atoms with Gasteiger partial charge in [-0.2, -0.15) is 0 Å². The summed E-state index contributed by atoms with van der Waals surface area (Å²) in [6.45, 7) is 6.57. The van der Waals surface area contributed by atoms with Gasteiger partial charge in [0.05, 0.1) is 0 Å². The van der Waals surface area contributed by atoms with Gasteiger partial charge in [-0.15, -0.1) is 0 Å². The molecular weight excluding hydrogens is 1010 g/mol. The highest BCUT2D eigenvalue weighted by Crippen LogP contribution is 2.19. The first-order valence-corrected chi connectivity index (χ1v) is 36.6. The molecule has 480 valence electrons. The monoisotopic (exact) mass is 1150 g/mol. The number of carbonyl (C=O) groups excluding carboxylic acids is 3. The van der Waals surface area contributed by atoms with Crippen LogP contribution in [-0.2, 0) is 28.6 Å². The zero-order valence-electron chi connectivity index (χ0n) is 55.3. The minimum absolute atomic E-state index is 0.0664. The molecule has 0 aromatic carbocycles. The van der Waals surface area contributed by atoms with Gasteiger partial charge in [-0.25, -0.2) is 0 Å². The third-order valence-electron chi connectivity index (χ3n) is 16.6. The Labute approximate surface area is 511 Å². The Morgan fingerprint density at radius 3 is 0.744 bits per heavy atom. The molecule has 0 fully saturated rings.